The molecule has 0 unspecified atom stereocenters. The maximum Gasteiger partial charge on any atom is 0.274 e. The fraction of sp³-hybridized carbons (Fsp3) is 0.350. The van der Waals surface area contributed by atoms with E-state index in [4.69, 9.17) is 4.74 Å². The molecule has 7 heteroatoms. The third kappa shape index (κ3) is 4.75. The zero-order valence-corrected chi connectivity index (χ0v) is 16.2. The largest absolute Gasteiger partial charge is 0.492 e. The summed E-state index contributed by atoms with van der Waals surface area (Å²) in [6, 6.07) is 11.6. The number of aryl methyl sites for hydroxylation is 3. The monoisotopic (exact) mass is 367 g/mol. The van der Waals surface area contributed by atoms with Crippen LogP contribution in [0.2, 0.25) is 0 Å². The van der Waals surface area contributed by atoms with E-state index in [0.717, 1.165) is 22.8 Å². The van der Waals surface area contributed by atoms with Gasteiger partial charge in [-0.05, 0) is 45.0 Å². The van der Waals surface area contributed by atoms with Gasteiger partial charge in [0, 0.05) is 12.7 Å². The van der Waals surface area contributed by atoms with Crippen LogP contribution in [0.5, 0.6) is 5.75 Å². The van der Waals surface area contributed by atoms with E-state index < -0.39 is 0 Å². The van der Waals surface area contributed by atoms with Gasteiger partial charge in [-0.2, -0.15) is 10.2 Å². The molecule has 0 aliphatic rings. The summed E-state index contributed by atoms with van der Waals surface area (Å²) in [4.78, 5) is 14.1. The number of H-pyrrole nitrogens is 1. The second-order valence-electron chi connectivity index (χ2n) is 6.75. The SMILES string of the molecule is Cc1ccc(OCCN(C)C(=O)c2cc(Cn3nc(C)cc3C)[nH]n2)cc1. The zero-order valence-electron chi connectivity index (χ0n) is 16.2. The summed E-state index contributed by atoms with van der Waals surface area (Å²) in [6.07, 6.45) is 0. The summed E-state index contributed by atoms with van der Waals surface area (Å²) in [5.74, 6) is 0.659. The quantitative estimate of drug-likeness (QED) is 0.697. The van der Waals surface area contributed by atoms with Crippen LogP contribution in [-0.4, -0.2) is 51.0 Å². The first-order valence-corrected chi connectivity index (χ1v) is 8.92. The Balaban J connectivity index is 1.53. The molecule has 2 heterocycles. The molecule has 0 saturated carbocycles. The Morgan fingerprint density at radius 3 is 2.59 bits per heavy atom. The lowest BCUT2D eigenvalue weighted by Gasteiger charge is -2.16. The number of aromatic amines is 1. The molecule has 0 atom stereocenters. The molecule has 0 saturated heterocycles. The van der Waals surface area contributed by atoms with Gasteiger partial charge in [-0.15, -0.1) is 0 Å². The second kappa shape index (κ2) is 8.07. The fourth-order valence-electron chi connectivity index (χ4n) is 2.78. The van der Waals surface area contributed by atoms with Crippen LogP contribution in [0, 0.1) is 20.8 Å². The molecule has 0 aliphatic heterocycles. The Morgan fingerprint density at radius 2 is 1.93 bits per heavy atom. The van der Waals surface area contributed by atoms with Crippen molar-refractivity contribution in [1.29, 1.82) is 0 Å². The third-order valence-corrected chi connectivity index (χ3v) is 4.34. The van der Waals surface area contributed by atoms with E-state index in [1.807, 2.05) is 55.8 Å². The Kier molecular flexibility index (Phi) is 5.59. The van der Waals surface area contributed by atoms with Crippen molar-refractivity contribution in [1.82, 2.24) is 24.9 Å². The summed E-state index contributed by atoms with van der Waals surface area (Å²) < 4.78 is 7.57. The topological polar surface area (TPSA) is 76.0 Å². The van der Waals surface area contributed by atoms with Crippen molar-refractivity contribution in [2.24, 2.45) is 0 Å². The number of carbonyl (C=O) groups excluding carboxylic acids is 1. The van der Waals surface area contributed by atoms with Crippen molar-refractivity contribution in [3.63, 3.8) is 0 Å². The molecule has 0 bridgehead atoms. The van der Waals surface area contributed by atoms with Crippen LogP contribution in [0.15, 0.2) is 36.4 Å². The highest BCUT2D eigenvalue weighted by Gasteiger charge is 2.16. The molecule has 7 nitrogen and oxygen atoms in total. The van der Waals surface area contributed by atoms with Gasteiger partial charge >= 0.3 is 0 Å². The lowest BCUT2D eigenvalue weighted by Crippen LogP contribution is -2.31. The third-order valence-electron chi connectivity index (χ3n) is 4.34. The number of rotatable bonds is 7. The highest BCUT2D eigenvalue weighted by molar-refractivity contribution is 5.92. The van der Waals surface area contributed by atoms with E-state index in [2.05, 4.69) is 15.3 Å². The van der Waals surface area contributed by atoms with Crippen molar-refractivity contribution in [2.75, 3.05) is 20.2 Å². The van der Waals surface area contributed by atoms with Gasteiger partial charge in [0.1, 0.15) is 18.1 Å². The number of likely N-dealkylation sites (N-methyl/N-ethyl adjacent to an activating group) is 1. The molecular formula is C20H25N5O2. The molecule has 1 amide bonds. The Morgan fingerprint density at radius 1 is 1.19 bits per heavy atom. The number of aromatic nitrogens is 4. The summed E-state index contributed by atoms with van der Waals surface area (Å²) in [7, 11) is 1.75. The molecular weight excluding hydrogens is 342 g/mol. The lowest BCUT2D eigenvalue weighted by atomic mass is 10.2. The van der Waals surface area contributed by atoms with Crippen molar-refractivity contribution in [3.8, 4) is 5.75 Å². The number of hydrogen-bond acceptors (Lipinski definition) is 4. The van der Waals surface area contributed by atoms with Gasteiger partial charge in [0.15, 0.2) is 0 Å². The molecule has 0 radical (unpaired) electrons. The molecule has 0 aliphatic carbocycles. The maximum absolute atomic E-state index is 12.5. The van der Waals surface area contributed by atoms with Gasteiger partial charge in [-0.1, -0.05) is 17.7 Å². The van der Waals surface area contributed by atoms with E-state index in [-0.39, 0.29) is 5.91 Å². The summed E-state index contributed by atoms with van der Waals surface area (Å²) in [5, 5.41) is 11.5. The first-order chi connectivity index (χ1) is 12.9. The second-order valence-corrected chi connectivity index (χ2v) is 6.75. The number of amides is 1. The molecule has 2 aromatic heterocycles. The molecule has 0 spiro atoms. The van der Waals surface area contributed by atoms with Crippen molar-refractivity contribution < 1.29 is 9.53 Å². The minimum absolute atomic E-state index is 0.140. The van der Waals surface area contributed by atoms with Gasteiger partial charge < -0.3 is 9.64 Å². The Hall–Kier alpha value is -3.09. The highest BCUT2D eigenvalue weighted by atomic mass is 16.5. The molecule has 3 rings (SSSR count). The number of nitrogens with one attached hydrogen (secondary N) is 1. The normalized spacial score (nSPS) is 10.8. The van der Waals surface area contributed by atoms with E-state index in [9.17, 15) is 4.79 Å². The molecule has 3 aromatic rings. The number of carbonyl (C=O) groups is 1. The summed E-state index contributed by atoms with van der Waals surface area (Å²) in [6.45, 7) is 7.45. The first-order valence-electron chi connectivity index (χ1n) is 8.92. The van der Waals surface area contributed by atoms with Crippen LogP contribution in [0.25, 0.3) is 0 Å². The minimum Gasteiger partial charge on any atom is -0.492 e. The standard InChI is InChI=1S/C20H25N5O2/c1-14-5-7-18(8-6-14)27-10-9-24(4)20(26)19-12-17(21-22-19)13-25-16(3)11-15(2)23-25/h5-8,11-12H,9-10,13H2,1-4H3,(H,21,22). The van der Waals surface area contributed by atoms with Gasteiger partial charge in [-0.25, -0.2) is 0 Å². The van der Waals surface area contributed by atoms with Crippen molar-refractivity contribution in [3.05, 3.63) is 64.7 Å². The first kappa shape index (κ1) is 18.7. The predicted molar refractivity (Wildman–Crippen MR) is 103 cm³/mol. The van der Waals surface area contributed by atoms with E-state index in [0.29, 0.717) is 25.4 Å². The average molecular weight is 367 g/mol. The molecule has 1 N–H and O–H groups in total. The van der Waals surface area contributed by atoms with Crippen LogP contribution < -0.4 is 4.74 Å². The smallest absolute Gasteiger partial charge is 0.274 e. The predicted octanol–water partition coefficient (Wildman–Crippen LogP) is 2.73. The van der Waals surface area contributed by atoms with Crippen molar-refractivity contribution >= 4 is 5.91 Å². The van der Waals surface area contributed by atoms with Crippen molar-refractivity contribution in [2.45, 2.75) is 27.3 Å². The molecule has 27 heavy (non-hydrogen) atoms. The number of ether oxygens (including phenoxy) is 1. The zero-order chi connectivity index (χ0) is 19.4. The Labute approximate surface area is 159 Å². The van der Waals surface area contributed by atoms with Gasteiger partial charge in [0.25, 0.3) is 5.91 Å². The van der Waals surface area contributed by atoms with Crippen LogP contribution in [0.1, 0.15) is 33.1 Å². The highest BCUT2D eigenvalue weighted by Crippen LogP contribution is 2.12. The lowest BCUT2D eigenvalue weighted by molar-refractivity contribution is 0.0768. The van der Waals surface area contributed by atoms with Crippen LogP contribution in [-0.2, 0) is 6.54 Å². The Bertz CT molecular complexity index is 911. The van der Waals surface area contributed by atoms with Gasteiger partial charge in [0.05, 0.1) is 24.5 Å². The van der Waals surface area contributed by atoms with Gasteiger partial charge in [-0.3, -0.25) is 14.6 Å². The molecule has 1 aromatic carbocycles. The fourth-order valence-corrected chi connectivity index (χ4v) is 2.78. The van der Waals surface area contributed by atoms with E-state index in [1.54, 1.807) is 18.0 Å². The molecule has 0 fully saturated rings. The van der Waals surface area contributed by atoms with Crippen LogP contribution in [0.3, 0.4) is 0 Å². The number of nitrogens with zero attached hydrogens (tertiary/aromatic N) is 4. The van der Waals surface area contributed by atoms with Crippen LogP contribution >= 0.6 is 0 Å². The number of benzene rings is 1. The van der Waals surface area contributed by atoms with E-state index >= 15 is 0 Å². The minimum atomic E-state index is -0.140. The van der Waals surface area contributed by atoms with E-state index in [1.165, 1.54) is 5.56 Å². The maximum atomic E-state index is 12.5. The molecule has 142 valence electrons. The van der Waals surface area contributed by atoms with Crippen LogP contribution in [0.4, 0.5) is 0 Å². The van der Waals surface area contributed by atoms with Gasteiger partial charge in [0.2, 0.25) is 0 Å². The summed E-state index contributed by atoms with van der Waals surface area (Å²) in [5.41, 5.74) is 4.46. The number of hydrogen-bond donors (Lipinski definition) is 1. The average Bonchev–Trinajstić information content (AvgIpc) is 3.22. The summed E-state index contributed by atoms with van der Waals surface area (Å²) >= 11 is 0.